The van der Waals surface area contributed by atoms with E-state index < -0.39 is 5.82 Å². The smallest absolute Gasteiger partial charge is 0.132 e. The maximum Gasteiger partial charge on any atom is 0.132 e. The summed E-state index contributed by atoms with van der Waals surface area (Å²) in [5.41, 5.74) is 7.10. The van der Waals surface area contributed by atoms with Gasteiger partial charge in [0.1, 0.15) is 17.3 Å². The summed E-state index contributed by atoms with van der Waals surface area (Å²) in [7, 11) is 0. The van der Waals surface area contributed by atoms with Gasteiger partial charge >= 0.3 is 0 Å². The third kappa shape index (κ3) is 3.00. The van der Waals surface area contributed by atoms with Crippen LogP contribution in [-0.2, 0) is 0 Å². The summed E-state index contributed by atoms with van der Waals surface area (Å²) in [6.45, 7) is 4.22. The van der Waals surface area contributed by atoms with Crippen LogP contribution in [0.4, 0.5) is 10.1 Å². The molecule has 0 bridgehead atoms. The van der Waals surface area contributed by atoms with E-state index in [2.05, 4.69) is 13.8 Å². The molecule has 0 spiro atoms. The largest absolute Gasteiger partial charge is 0.457 e. The fourth-order valence-corrected chi connectivity index (χ4v) is 1.72. The van der Waals surface area contributed by atoms with Gasteiger partial charge < -0.3 is 10.5 Å². The molecule has 2 aromatic rings. The van der Waals surface area contributed by atoms with Gasteiger partial charge in [-0.2, -0.15) is 0 Å². The van der Waals surface area contributed by atoms with Crippen LogP contribution in [0.15, 0.2) is 42.5 Å². The van der Waals surface area contributed by atoms with Crippen molar-refractivity contribution in [1.29, 1.82) is 0 Å². The maximum atomic E-state index is 13.2. The minimum absolute atomic E-state index is 0.352. The normalized spacial score (nSPS) is 10.7. The molecule has 0 saturated heterocycles. The van der Waals surface area contributed by atoms with Crippen molar-refractivity contribution in [2.75, 3.05) is 5.73 Å². The summed E-state index contributed by atoms with van der Waals surface area (Å²) in [6.07, 6.45) is 0. The maximum absolute atomic E-state index is 13.2. The Morgan fingerprint density at radius 2 is 1.83 bits per heavy atom. The van der Waals surface area contributed by atoms with Crippen LogP contribution >= 0.6 is 0 Å². The van der Waals surface area contributed by atoms with Crippen molar-refractivity contribution in [3.8, 4) is 11.5 Å². The van der Waals surface area contributed by atoms with Gasteiger partial charge in [-0.05, 0) is 29.7 Å². The second kappa shape index (κ2) is 5.08. The number of hydrogen-bond donors (Lipinski definition) is 1. The highest BCUT2D eigenvalue weighted by atomic mass is 19.1. The van der Waals surface area contributed by atoms with Crippen LogP contribution in [0.5, 0.6) is 11.5 Å². The molecule has 3 heteroatoms. The number of ether oxygens (including phenoxy) is 1. The van der Waals surface area contributed by atoms with Gasteiger partial charge in [-0.25, -0.2) is 4.39 Å². The molecule has 18 heavy (non-hydrogen) atoms. The van der Waals surface area contributed by atoms with Crippen molar-refractivity contribution < 1.29 is 9.13 Å². The van der Waals surface area contributed by atoms with E-state index >= 15 is 0 Å². The molecule has 94 valence electrons. The van der Waals surface area contributed by atoms with Crippen LogP contribution in [0.25, 0.3) is 0 Å². The SMILES string of the molecule is CC(C)c1cccc(Oc2cc(N)cc(F)c2)c1. The molecule has 2 nitrogen and oxygen atoms in total. The Morgan fingerprint density at radius 3 is 2.50 bits per heavy atom. The van der Waals surface area contributed by atoms with E-state index in [-0.39, 0.29) is 0 Å². The highest BCUT2D eigenvalue weighted by Gasteiger charge is 2.04. The van der Waals surface area contributed by atoms with E-state index in [9.17, 15) is 4.39 Å². The van der Waals surface area contributed by atoms with Crippen molar-refractivity contribution in [3.05, 3.63) is 53.8 Å². The summed E-state index contributed by atoms with van der Waals surface area (Å²) in [5.74, 6) is 1.12. The number of anilines is 1. The Hall–Kier alpha value is -2.03. The molecule has 0 radical (unpaired) electrons. The summed E-state index contributed by atoms with van der Waals surface area (Å²) in [5, 5.41) is 0. The monoisotopic (exact) mass is 245 g/mol. The zero-order valence-electron chi connectivity index (χ0n) is 10.5. The minimum atomic E-state index is -0.398. The lowest BCUT2D eigenvalue weighted by atomic mass is 10.0. The highest BCUT2D eigenvalue weighted by Crippen LogP contribution is 2.27. The van der Waals surface area contributed by atoms with Crippen molar-refractivity contribution in [3.63, 3.8) is 0 Å². The first-order valence-corrected chi connectivity index (χ1v) is 5.88. The zero-order valence-corrected chi connectivity index (χ0v) is 10.5. The van der Waals surface area contributed by atoms with Gasteiger partial charge in [0.2, 0.25) is 0 Å². The fourth-order valence-electron chi connectivity index (χ4n) is 1.72. The number of halogens is 1. The van der Waals surface area contributed by atoms with Crippen LogP contribution in [0.1, 0.15) is 25.3 Å². The molecule has 0 amide bonds. The molecule has 0 atom stereocenters. The molecule has 0 heterocycles. The first-order valence-electron chi connectivity index (χ1n) is 5.88. The number of benzene rings is 2. The van der Waals surface area contributed by atoms with Crippen LogP contribution in [-0.4, -0.2) is 0 Å². The lowest BCUT2D eigenvalue weighted by Crippen LogP contribution is -1.92. The Bertz CT molecular complexity index is 532. The second-order valence-electron chi connectivity index (χ2n) is 4.55. The van der Waals surface area contributed by atoms with Crippen LogP contribution in [0.2, 0.25) is 0 Å². The van der Waals surface area contributed by atoms with E-state index in [0.717, 1.165) is 0 Å². The lowest BCUT2D eigenvalue weighted by molar-refractivity contribution is 0.476. The third-order valence-electron chi connectivity index (χ3n) is 2.65. The van der Waals surface area contributed by atoms with Crippen molar-refractivity contribution in [2.45, 2.75) is 19.8 Å². The molecule has 0 aliphatic carbocycles. The average Bonchev–Trinajstić information content (AvgIpc) is 2.27. The molecule has 0 aliphatic heterocycles. The number of rotatable bonds is 3. The summed E-state index contributed by atoms with van der Waals surface area (Å²) < 4.78 is 18.8. The zero-order chi connectivity index (χ0) is 13.1. The first-order chi connectivity index (χ1) is 8.54. The van der Waals surface area contributed by atoms with Crippen LogP contribution in [0, 0.1) is 5.82 Å². The molecular formula is C15H16FNO. The van der Waals surface area contributed by atoms with Gasteiger partial charge in [0.05, 0.1) is 0 Å². The van der Waals surface area contributed by atoms with Gasteiger partial charge in [0.25, 0.3) is 0 Å². The molecule has 0 saturated carbocycles. The molecule has 0 fully saturated rings. The van der Waals surface area contributed by atoms with E-state index in [1.54, 1.807) is 6.07 Å². The Kier molecular flexibility index (Phi) is 3.51. The van der Waals surface area contributed by atoms with Gasteiger partial charge in [0.15, 0.2) is 0 Å². The molecule has 2 N–H and O–H groups in total. The van der Waals surface area contributed by atoms with Gasteiger partial charge in [-0.3, -0.25) is 0 Å². The topological polar surface area (TPSA) is 35.2 Å². The Balaban J connectivity index is 2.25. The van der Waals surface area contributed by atoms with E-state index in [1.807, 2.05) is 24.3 Å². The predicted molar refractivity (Wildman–Crippen MR) is 71.4 cm³/mol. The fraction of sp³-hybridized carbons (Fsp3) is 0.200. The van der Waals surface area contributed by atoms with Crippen molar-refractivity contribution in [2.24, 2.45) is 0 Å². The van der Waals surface area contributed by atoms with E-state index in [0.29, 0.717) is 23.1 Å². The summed E-state index contributed by atoms with van der Waals surface area (Å²) >= 11 is 0. The van der Waals surface area contributed by atoms with Gasteiger partial charge in [-0.15, -0.1) is 0 Å². The molecular weight excluding hydrogens is 229 g/mol. The minimum Gasteiger partial charge on any atom is -0.457 e. The van der Waals surface area contributed by atoms with Gasteiger partial charge in [-0.1, -0.05) is 26.0 Å². The number of hydrogen-bond acceptors (Lipinski definition) is 2. The van der Waals surface area contributed by atoms with E-state index in [4.69, 9.17) is 10.5 Å². The quantitative estimate of drug-likeness (QED) is 0.817. The molecule has 0 aliphatic rings. The highest BCUT2D eigenvalue weighted by molar-refractivity contribution is 5.46. The number of nitrogen functional groups attached to an aromatic ring is 1. The molecule has 2 rings (SSSR count). The first kappa shape index (κ1) is 12.4. The van der Waals surface area contributed by atoms with Crippen molar-refractivity contribution >= 4 is 5.69 Å². The molecule has 0 unspecified atom stereocenters. The Labute approximate surface area is 106 Å². The van der Waals surface area contributed by atoms with E-state index in [1.165, 1.54) is 17.7 Å². The van der Waals surface area contributed by atoms with Crippen LogP contribution in [0.3, 0.4) is 0 Å². The van der Waals surface area contributed by atoms with Gasteiger partial charge in [0, 0.05) is 17.8 Å². The average molecular weight is 245 g/mol. The lowest BCUT2D eigenvalue weighted by Gasteiger charge is -2.10. The second-order valence-corrected chi connectivity index (χ2v) is 4.55. The molecule has 2 aromatic carbocycles. The predicted octanol–water partition coefficient (Wildman–Crippen LogP) is 4.32. The third-order valence-corrected chi connectivity index (χ3v) is 2.65. The summed E-state index contributed by atoms with van der Waals surface area (Å²) in [4.78, 5) is 0. The Morgan fingerprint density at radius 1 is 1.06 bits per heavy atom. The summed E-state index contributed by atoms with van der Waals surface area (Å²) in [6, 6.07) is 11.9. The van der Waals surface area contributed by atoms with Crippen molar-refractivity contribution in [1.82, 2.24) is 0 Å². The van der Waals surface area contributed by atoms with Crippen LogP contribution < -0.4 is 10.5 Å². The standard InChI is InChI=1S/C15H16FNO/c1-10(2)11-4-3-5-14(6-11)18-15-8-12(16)7-13(17)9-15/h3-10H,17H2,1-2H3. The number of nitrogens with two attached hydrogens (primary N) is 1. The molecule has 0 aromatic heterocycles.